The number of fused-ring (bicyclic) bond motifs is 3. The lowest BCUT2D eigenvalue weighted by atomic mass is 9.99. The molecule has 1 aliphatic carbocycles. The van der Waals surface area contributed by atoms with Crippen molar-refractivity contribution < 1.29 is 33.9 Å². The lowest BCUT2D eigenvalue weighted by molar-refractivity contribution is -0.163. The van der Waals surface area contributed by atoms with Gasteiger partial charge >= 0.3 is 23.8 Å². The monoisotopic (exact) mass is 515 g/mol. The summed E-state index contributed by atoms with van der Waals surface area (Å²) >= 11 is 1.35. The zero-order valence-electron chi connectivity index (χ0n) is 19.6. The van der Waals surface area contributed by atoms with Gasteiger partial charge in [-0.2, -0.15) is 0 Å². The molecular weight excluding hydrogens is 490 g/mol. The second kappa shape index (κ2) is 8.22. The normalized spacial score (nSPS) is 31.3. The maximum Gasteiger partial charge on any atom is 0.331 e. The molecule has 3 saturated heterocycles. The van der Waals surface area contributed by atoms with Crippen LogP contribution in [0.5, 0.6) is 0 Å². The number of thioether (sulfide) groups is 1. The summed E-state index contributed by atoms with van der Waals surface area (Å²) in [6.45, 7) is 4.02. The Hall–Kier alpha value is -3.61. The number of carboxylic acid groups (broad SMARTS) is 1. The number of imide groups is 1. The van der Waals surface area contributed by atoms with Crippen molar-refractivity contribution in [3.63, 3.8) is 0 Å². The maximum absolute atomic E-state index is 13.3. The number of hydrogen-bond donors (Lipinski definition) is 3. The van der Waals surface area contributed by atoms with E-state index in [9.17, 15) is 33.9 Å². The van der Waals surface area contributed by atoms with E-state index in [-0.39, 0.29) is 13.1 Å². The Balaban J connectivity index is 1.32. The summed E-state index contributed by atoms with van der Waals surface area (Å²) < 4.78 is -0.612. The average Bonchev–Trinajstić information content (AvgIpc) is 3.40. The third-order valence-electron chi connectivity index (χ3n) is 7.43. The smallest absolute Gasteiger partial charge is 0.331 e. The number of hydrogen-bond acceptors (Lipinski definition) is 7. The highest BCUT2D eigenvalue weighted by Gasteiger charge is 2.85. The van der Waals surface area contributed by atoms with Crippen LogP contribution < -0.4 is 10.6 Å². The van der Waals surface area contributed by atoms with Crippen molar-refractivity contribution in [3.8, 4) is 0 Å². The van der Waals surface area contributed by atoms with Gasteiger partial charge in [0, 0.05) is 26.1 Å². The number of urea groups is 1. The largest absolute Gasteiger partial charge is 0.479 e. The van der Waals surface area contributed by atoms with Crippen molar-refractivity contribution in [2.24, 2.45) is 0 Å². The Labute approximate surface area is 210 Å². The lowest BCUT2D eigenvalue weighted by Crippen LogP contribution is -2.72. The minimum Gasteiger partial charge on any atom is -0.479 e. The molecular formula is C23H25N5O7S. The first-order valence-corrected chi connectivity index (χ1v) is 12.4. The molecule has 4 fully saturated rings. The summed E-state index contributed by atoms with van der Waals surface area (Å²) in [7, 11) is 0. The summed E-state index contributed by atoms with van der Waals surface area (Å²) in [6.07, 6.45) is 0.351. The first kappa shape index (κ1) is 24.1. The molecule has 1 unspecified atom stereocenters. The molecule has 190 valence electrons. The predicted molar refractivity (Wildman–Crippen MR) is 125 cm³/mol. The highest BCUT2D eigenvalue weighted by Crippen LogP contribution is 2.71. The highest BCUT2D eigenvalue weighted by molar-refractivity contribution is 8.02. The fraction of sp³-hybridized carbons (Fsp3) is 0.478. The number of nitrogens with one attached hydrogen (secondary N) is 2. The molecule has 0 radical (unpaired) electrons. The number of amides is 6. The Morgan fingerprint density at radius 3 is 2.47 bits per heavy atom. The van der Waals surface area contributed by atoms with Crippen LogP contribution >= 0.6 is 11.8 Å². The lowest BCUT2D eigenvalue weighted by Gasteiger charge is -2.46. The zero-order valence-corrected chi connectivity index (χ0v) is 20.4. The quantitative estimate of drug-likeness (QED) is 0.339. The van der Waals surface area contributed by atoms with Crippen molar-refractivity contribution in [1.29, 1.82) is 0 Å². The van der Waals surface area contributed by atoms with Gasteiger partial charge in [0.25, 0.3) is 0 Å². The van der Waals surface area contributed by atoms with Crippen molar-refractivity contribution in [3.05, 3.63) is 35.9 Å². The van der Waals surface area contributed by atoms with E-state index < -0.39 is 63.4 Å². The van der Waals surface area contributed by atoms with Crippen LogP contribution in [-0.4, -0.2) is 96.8 Å². The van der Waals surface area contributed by atoms with Crippen LogP contribution in [0.15, 0.2) is 30.3 Å². The summed E-state index contributed by atoms with van der Waals surface area (Å²) in [4.78, 5) is 79.2. The van der Waals surface area contributed by atoms with Gasteiger partial charge < -0.3 is 25.5 Å². The molecule has 5 rings (SSSR count). The molecule has 0 spiro atoms. The topological polar surface area (TPSA) is 156 Å². The van der Waals surface area contributed by atoms with Crippen LogP contribution in [0, 0.1) is 0 Å². The number of aliphatic carboxylic acids is 1. The summed E-state index contributed by atoms with van der Waals surface area (Å²) in [5.41, 5.74) is -0.838. The molecule has 36 heavy (non-hydrogen) atoms. The van der Waals surface area contributed by atoms with Gasteiger partial charge in [-0.25, -0.2) is 9.59 Å². The molecule has 1 aromatic carbocycles. The SMILES string of the molecule is CCN1CCN(C(=O)NC(C(=O)N[C@@H]2C(=O)N3[C@@H]2S[C@]2(C)C[C@]32C(=O)O)c2ccccc2)C(=O)C1=O. The van der Waals surface area contributed by atoms with Gasteiger partial charge in [-0.05, 0) is 19.4 Å². The van der Waals surface area contributed by atoms with Gasteiger partial charge in [0.15, 0.2) is 5.54 Å². The van der Waals surface area contributed by atoms with Crippen LogP contribution in [0.2, 0.25) is 0 Å². The van der Waals surface area contributed by atoms with Crippen LogP contribution in [0.25, 0.3) is 0 Å². The van der Waals surface area contributed by atoms with Gasteiger partial charge in [-0.3, -0.25) is 24.1 Å². The third-order valence-corrected chi connectivity index (χ3v) is 9.16. The molecule has 0 aromatic heterocycles. The summed E-state index contributed by atoms with van der Waals surface area (Å²) in [5, 5.41) is 14.4. The number of piperazine rings is 1. The number of likely N-dealkylation sites (N-methyl/N-ethyl adjacent to an activating group) is 1. The Morgan fingerprint density at radius 2 is 1.83 bits per heavy atom. The van der Waals surface area contributed by atoms with Gasteiger partial charge in [0.05, 0.1) is 4.75 Å². The molecule has 5 atom stereocenters. The van der Waals surface area contributed by atoms with Crippen molar-refractivity contribution >= 4 is 47.4 Å². The number of carbonyl (C=O) groups is 6. The van der Waals surface area contributed by atoms with Gasteiger partial charge in [0.1, 0.15) is 17.5 Å². The first-order chi connectivity index (χ1) is 17.1. The number of carboxylic acids is 1. The predicted octanol–water partition coefficient (Wildman–Crippen LogP) is -0.486. The zero-order chi connectivity index (χ0) is 26.0. The fourth-order valence-electron chi connectivity index (χ4n) is 5.27. The minimum absolute atomic E-state index is 0.0159. The fourth-order valence-corrected chi connectivity index (χ4v) is 7.19. The summed E-state index contributed by atoms with van der Waals surface area (Å²) in [5.74, 6) is -4.01. The number of carbonyl (C=O) groups excluding carboxylic acids is 5. The second-order valence-electron chi connectivity index (χ2n) is 9.41. The molecule has 1 saturated carbocycles. The molecule has 3 heterocycles. The van der Waals surface area contributed by atoms with Crippen LogP contribution in [0.1, 0.15) is 31.9 Å². The van der Waals surface area contributed by atoms with E-state index in [2.05, 4.69) is 10.6 Å². The first-order valence-electron chi connectivity index (χ1n) is 11.6. The van der Waals surface area contributed by atoms with E-state index in [0.29, 0.717) is 18.5 Å². The Morgan fingerprint density at radius 1 is 1.14 bits per heavy atom. The van der Waals surface area contributed by atoms with Gasteiger partial charge in [-0.15, -0.1) is 11.8 Å². The summed E-state index contributed by atoms with van der Waals surface area (Å²) in [6, 6.07) is 5.20. The standard InChI is InChI=1S/C23H25N5O7S/c1-3-26-9-10-27(18(32)17(26)31)21(35)25-13(12-7-5-4-6-8-12)15(29)24-14-16(30)28-19(14)36-22(2)11-23(22,28)20(33)34/h4-8,13-14,19H,3,9-11H2,1-2H3,(H,24,29)(H,25,35)(H,33,34)/t13?,14-,19-,22-,23-/m1/s1. The van der Waals surface area contributed by atoms with E-state index >= 15 is 0 Å². The van der Waals surface area contributed by atoms with E-state index in [1.165, 1.54) is 21.6 Å². The molecule has 4 aliphatic rings. The molecule has 0 bridgehead atoms. The molecule has 13 heteroatoms. The maximum atomic E-state index is 13.3. The van der Waals surface area contributed by atoms with E-state index in [1.807, 2.05) is 0 Å². The molecule has 1 aromatic rings. The van der Waals surface area contributed by atoms with E-state index in [1.54, 1.807) is 44.2 Å². The third kappa shape index (κ3) is 3.29. The Bertz CT molecular complexity index is 1190. The second-order valence-corrected chi connectivity index (χ2v) is 11.0. The van der Waals surface area contributed by atoms with E-state index in [0.717, 1.165) is 4.90 Å². The number of benzene rings is 1. The van der Waals surface area contributed by atoms with Crippen molar-refractivity contribution in [2.75, 3.05) is 19.6 Å². The molecule has 3 aliphatic heterocycles. The van der Waals surface area contributed by atoms with Crippen LogP contribution in [-0.2, 0) is 24.0 Å². The minimum atomic E-state index is -1.25. The van der Waals surface area contributed by atoms with Crippen molar-refractivity contribution in [2.45, 2.75) is 48.0 Å². The van der Waals surface area contributed by atoms with E-state index in [4.69, 9.17) is 0 Å². The highest BCUT2D eigenvalue weighted by atomic mass is 32.2. The van der Waals surface area contributed by atoms with Crippen LogP contribution in [0.4, 0.5) is 4.79 Å². The number of β-lactam (4-membered cyclic amide) rings is 1. The van der Waals surface area contributed by atoms with Crippen LogP contribution in [0.3, 0.4) is 0 Å². The van der Waals surface area contributed by atoms with Gasteiger partial charge in [-0.1, -0.05) is 30.3 Å². The Kier molecular flexibility index (Phi) is 5.50. The number of nitrogens with zero attached hydrogens (tertiary/aromatic N) is 3. The average molecular weight is 516 g/mol. The number of rotatable bonds is 6. The molecule has 3 N–H and O–H groups in total. The molecule has 6 amide bonds. The van der Waals surface area contributed by atoms with Crippen molar-refractivity contribution in [1.82, 2.24) is 25.3 Å². The van der Waals surface area contributed by atoms with Gasteiger partial charge in [0.2, 0.25) is 11.8 Å². The molecule has 12 nitrogen and oxygen atoms in total.